The number of hydrogen-bond acceptors (Lipinski definition) is 4. The quantitative estimate of drug-likeness (QED) is 0.424. The lowest BCUT2D eigenvalue weighted by Gasteiger charge is -2.27. The van der Waals surface area contributed by atoms with Crippen LogP contribution in [-0.4, -0.2) is 32.4 Å². The maximum atomic E-state index is 12.8. The van der Waals surface area contributed by atoms with E-state index in [4.69, 9.17) is 11.6 Å². The molecule has 0 radical (unpaired) electrons. The molecule has 1 saturated heterocycles. The van der Waals surface area contributed by atoms with Gasteiger partial charge < -0.3 is 5.32 Å². The first kappa shape index (κ1) is 21.6. The molecule has 1 amide bonds. The Morgan fingerprint density at radius 3 is 2.58 bits per heavy atom. The zero-order chi connectivity index (χ0) is 22.8. The second kappa shape index (κ2) is 9.29. The third kappa shape index (κ3) is 4.60. The van der Waals surface area contributed by atoms with Gasteiger partial charge in [0.05, 0.1) is 27.9 Å². The Hall–Kier alpha value is -3.29. The summed E-state index contributed by atoms with van der Waals surface area (Å²) in [7, 11) is -1.00. The number of halogens is 1. The van der Waals surface area contributed by atoms with Crippen LogP contribution in [0.1, 0.15) is 23.2 Å². The molecule has 1 fully saturated rings. The van der Waals surface area contributed by atoms with Crippen LogP contribution in [0.15, 0.2) is 72.9 Å². The monoisotopic (exact) mass is 476 g/mol. The minimum atomic E-state index is -1.00. The van der Waals surface area contributed by atoms with Crippen LogP contribution in [0.3, 0.4) is 0 Å². The van der Waals surface area contributed by atoms with E-state index >= 15 is 0 Å². The zero-order valence-corrected chi connectivity index (χ0v) is 19.3. The van der Waals surface area contributed by atoms with Gasteiger partial charge >= 0.3 is 0 Å². The summed E-state index contributed by atoms with van der Waals surface area (Å²) in [6, 6.07) is 20.1. The third-order valence-corrected chi connectivity index (χ3v) is 7.39. The first-order valence-electron chi connectivity index (χ1n) is 10.7. The molecule has 0 aliphatic carbocycles. The molecule has 8 heteroatoms. The highest BCUT2D eigenvalue weighted by Gasteiger charge is 2.19. The molecule has 1 aromatic heterocycles. The van der Waals surface area contributed by atoms with Gasteiger partial charge in [0.2, 0.25) is 0 Å². The van der Waals surface area contributed by atoms with E-state index in [1.807, 2.05) is 40.7 Å². The van der Waals surface area contributed by atoms with E-state index in [0.717, 1.165) is 36.1 Å². The Morgan fingerprint density at radius 1 is 1.00 bits per heavy atom. The highest BCUT2D eigenvalue weighted by atomic mass is 35.5. The number of para-hydroxylation sites is 2. The molecule has 1 atom stereocenters. The SMILES string of the molecule is O=C(Nc1ccc(Cl)c(-c2cnc3ccccc3n2)c1)c1ccc(N2CCCCS2=O)cc1. The molecule has 3 aromatic carbocycles. The maximum Gasteiger partial charge on any atom is 0.255 e. The topological polar surface area (TPSA) is 75.2 Å². The minimum Gasteiger partial charge on any atom is -0.322 e. The number of amides is 1. The van der Waals surface area contributed by atoms with Crippen LogP contribution in [-0.2, 0) is 11.0 Å². The van der Waals surface area contributed by atoms with E-state index in [0.29, 0.717) is 33.3 Å². The molecule has 1 aliphatic rings. The van der Waals surface area contributed by atoms with Gasteiger partial charge in [-0.1, -0.05) is 23.7 Å². The molecule has 33 heavy (non-hydrogen) atoms. The molecule has 4 aromatic rings. The second-order valence-electron chi connectivity index (χ2n) is 7.77. The average molecular weight is 477 g/mol. The molecule has 166 valence electrons. The van der Waals surface area contributed by atoms with Gasteiger partial charge in [0.1, 0.15) is 11.0 Å². The molecule has 2 heterocycles. The molecule has 0 bridgehead atoms. The predicted octanol–water partition coefficient (Wildman–Crippen LogP) is 5.47. The summed E-state index contributed by atoms with van der Waals surface area (Å²) in [6.07, 6.45) is 3.68. The summed E-state index contributed by atoms with van der Waals surface area (Å²) < 4.78 is 14.1. The van der Waals surface area contributed by atoms with Crippen molar-refractivity contribution in [3.05, 3.63) is 83.5 Å². The number of anilines is 2. The third-order valence-electron chi connectivity index (χ3n) is 5.54. The minimum absolute atomic E-state index is 0.237. The fraction of sp³-hybridized carbons (Fsp3) is 0.160. The average Bonchev–Trinajstić information content (AvgIpc) is 2.85. The standard InChI is InChI=1S/C25H21ClN4O2S/c26-21-12-9-18(15-20(21)24-16-27-22-5-1-2-6-23(22)29-24)28-25(31)17-7-10-19(11-8-17)30-13-3-4-14-33(30)32/h1-2,5-12,15-16H,3-4,13-14H2,(H,28,31). The van der Waals surface area contributed by atoms with Gasteiger partial charge in [-0.25, -0.2) is 9.19 Å². The van der Waals surface area contributed by atoms with Gasteiger partial charge in [0.15, 0.2) is 0 Å². The van der Waals surface area contributed by atoms with Crippen molar-refractivity contribution in [3.63, 3.8) is 0 Å². The van der Waals surface area contributed by atoms with Gasteiger partial charge in [-0.3, -0.25) is 14.1 Å². The number of carbonyl (C=O) groups is 1. The Bertz CT molecular complexity index is 1360. The van der Waals surface area contributed by atoms with E-state index in [2.05, 4.69) is 15.3 Å². The van der Waals surface area contributed by atoms with E-state index in [1.54, 1.807) is 36.5 Å². The normalized spacial score (nSPS) is 16.0. The van der Waals surface area contributed by atoms with Gasteiger partial charge in [-0.15, -0.1) is 0 Å². The molecular formula is C25H21ClN4O2S. The number of nitrogens with one attached hydrogen (secondary N) is 1. The van der Waals surface area contributed by atoms with Gasteiger partial charge in [-0.2, -0.15) is 0 Å². The lowest BCUT2D eigenvalue weighted by molar-refractivity contribution is 0.102. The molecule has 1 unspecified atom stereocenters. The Labute approximate surface area is 199 Å². The van der Waals surface area contributed by atoms with Crippen LogP contribution in [0, 0.1) is 0 Å². The fourth-order valence-electron chi connectivity index (χ4n) is 3.81. The largest absolute Gasteiger partial charge is 0.322 e. The maximum absolute atomic E-state index is 12.8. The predicted molar refractivity (Wildman–Crippen MR) is 134 cm³/mol. The van der Waals surface area contributed by atoms with E-state index in [1.165, 1.54) is 0 Å². The molecule has 5 rings (SSSR count). The lowest BCUT2D eigenvalue weighted by Crippen LogP contribution is -2.32. The molecule has 1 aliphatic heterocycles. The number of rotatable bonds is 4. The van der Waals surface area contributed by atoms with Crippen LogP contribution >= 0.6 is 11.6 Å². The highest BCUT2D eigenvalue weighted by Crippen LogP contribution is 2.30. The van der Waals surface area contributed by atoms with Crippen molar-refractivity contribution >= 4 is 50.9 Å². The molecule has 6 nitrogen and oxygen atoms in total. The van der Waals surface area contributed by atoms with Crippen molar-refractivity contribution in [2.24, 2.45) is 0 Å². The van der Waals surface area contributed by atoms with Crippen LogP contribution in [0.5, 0.6) is 0 Å². The van der Waals surface area contributed by atoms with Crippen LogP contribution in [0.2, 0.25) is 5.02 Å². The van der Waals surface area contributed by atoms with Crippen molar-refractivity contribution in [1.82, 2.24) is 9.97 Å². The molecular weight excluding hydrogens is 456 g/mol. The summed E-state index contributed by atoms with van der Waals surface area (Å²) in [5.41, 5.74) is 4.89. The number of benzene rings is 3. The number of carbonyl (C=O) groups excluding carboxylic acids is 1. The molecule has 0 spiro atoms. The van der Waals surface area contributed by atoms with Gasteiger partial charge in [-0.05, 0) is 67.4 Å². The number of aromatic nitrogens is 2. The number of fused-ring (bicyclic) bond motifs is 1. The molecule has 1 N–H and O–H groups in total. The van der Waals surface area contributed by atoms with Crippen molar-refractivity contribution in [3.8, 4) is 11.3 Å². The van der Waals surface area contributed by atoms with Gasteiger partial charge in [0, 0.05) is 34.8 Å². The van der Waals surface area contributed by atoms with E-state index in [9.17, 15) is 9.00 Å². The van der Waals surface area contributed by atoms with Crippen molar-refractivity contribution in [2.75, 3.05) is 21.9 Å². The molecule has 0 saturated carbocycles. The zero-order valence-electron chi connectivity index (χ0n) is 17.7. The first-order chi connectivity index (χ1) is 16.1. The van der Waals surface area contributed by atoms with Crippen molar-refractivity contribution < 1.29 is 9.00 Å². The lowest BCUT2D eigenvalue weighted by atomic mass is 10.1. The summed E-state index contributed by atoms with van der Waals surface area (Å²) in [5, 5.41) is 3.45. The summed E-state index contributed by atoms with van der Waals surface area (Å²) in [6.45, 7) is 0.767. The highest BCUT2D eigenvalue weighted by molar-refractivity contribution is 7.86. The second-order valence-corrected chi connectivity index (χ2v) is 9.67. The summed E-state index contributed by atoms with van der Waals surface area (Å²) in [5.74, 6) is 0.446. The number of hydrogen-bond donors (Lipinski definition) is 1. The Kier molecular flexibility index (Phi) is 6.07. The smallest absolute Gasteiger partial charge is 0.255 e. The van der Waals surface area contributed by atoms with Crippen molar-refractivity contribution in [2.45, 2.75) is 12.8 Å². The Morgan fingerprint density at radius 2 is 1.79 bits per heavy atom. The first-order valence-corrected chi connectivity index (χ1v) is 12.3. The fourth-order valence-corrected chi connectivity index (χ4v) is 5.38. The van der Waals surface area contributed by atoms with Crippen LogP contribution < -0.4 is 9.62 Å². The van der Waals surface area contributed by atoms with Crippen LogP contribution in [0.25, 0.3) is 22.3 Å². The van der Waals surface area contributed by atoms with Gasteiger partial charge in [0.25, 0.3) is 5.91 Å². The van der Waals surface area contributed by atoms with E-state index in [-0.39, 0.29) is 5.91 Å². The van der Waals surface area contributed by atoms with Crippen LogP contribution in [0.4, 0.5) is 11.4 Å². The van der Waals surface area contributed by atoms with Crippen molar-refractivity contribution in [1.29, 1.82) is 0 Å². The van der Waals surface area contributed by atoms with E-state index < -0.39 is 11.0 Å². The number of nitrogens with zero attached hydrogens (tertiary/aromatic N) is 3. The Balaban J connectivity index is 1.36. The summed E-state index contributed by atoms with van der Waals surface area (Å²) in [4.78, 5) is 21.9. The summed E-state index contributed by atoms with van der Waals surface area (Å²) >= 11 is 6.43.